The number of halogens is 1. The van der Waals surface area contributed by atoms with E-state index < -0.39 is 0 Å². The van der Waals surface area contributed by atoms with Gasteiger partial charge in [-0.05, 0) is 61.7 Å². The highest BCUT2D eigenvalue weighted by Gasteiger charge is 2.19. The van der Waals surface area contributed by atoms with Crippen LogP contribution in [0.4, 0.5) is 10.1 Å². The molecule has 0 saturated carbocycles. The minimum atomic E-state index is -0.294. The number of rotatable bonds is 4. The summed E-state index contributed by atoms with van der Waals surface area (Å²) < 4.78 is 13.1. The Hall–Kier alpha value is -3.15. The number of hydrogen-bond acceptors (Lipinski definition) is 3. The maximum atomic E-state index is 13.1. The molecule has 4 rings (SSSR count). The van der Waals surface area contributed by atoms with Crippen LogP contribution in [0, 0.1) is 5.82 Å². The first-order valence-corrected chi connectivity index (χ1v) is 9.11. The maximum absolute atomic E-state index is 13.1. The molecule has 6 heteroatoms. The summed E-state index contributed by atoms with van der Waals surface area (Å²) in [5.41, 5.74) is 3.43. The molecule has 0 bridgehead atoms. The quantitative estimate of drug-likeness (QED) is 0.721. The Balaban J connectivity index is 1.60. The second kappa shape index (κ2) is 7.23. The fraction of sp³-hybridized carbons (Fsp3) is 0.238. The second-order valence-corrected chi connectivity index (χ2v) is 6.80. The van der Waals surface area contributed by atoms with E-state index in [1.807, 2.05) is 23.1 Å². The maximum Gasteiger partial charge on any atom is 0.253 e. The van der Waals surface area contributed by atoms with Gasteiger partial charge in [-0.3, -0.25) is 9.89 Å². The zero-order chi connectivity index (χ0) is 18.8. The van der Waals surface area contributed by atoms with Gasteiger partial charge in [0.1, 0.15) is 11.5 Å². The first-order chi connectivity index (χ1) is 13.1. The van der Waals surface area contributed by atoms with Crippen molar-refractivity contribution in [3.8, 4) is 0 Å². The van der Waals surface area contributed by atoms with Gasteiger partial charge in [0.2, 0.25) is 0 Å². The molecule has 0 unspecified atom stereocenters. The lowest BCUT2D eigenvalue weighted by molar-refractivity contribution is 0.0724. The number of H-pyrrole nitrogens is 1. The number of anilines is 1. The van der Waals surface area contributed by atoms with Crippen molar-refractivity contribution in [2.75, 3.05) is 18.4 Å². The summed E-state index contributed by atoms with van der Waals surface area (Å²) in [6.07, 6.45) is 3.30. The summed E-state index contributed by atoms with van der Waals surface area (Å²) in [5.74, 6) is -0.238. The molecule has 1 saturated heterocycles. The number of aromatic nitrogens is 2. The molecule has 1 aliphatic rings. The third-order valence-electron chi connectivity index (χ3n) is 4.88. The Morgan fingerprint density at radius 3 is 2.59 bits per heavy atom. The smallest absolute Gasteiger partial charge is 0.253 e. The number of nitrogens with zero attached hydrogens (tertiary/aromatic N) is 2. The Morgan fingerprint density at radius 1 is 1.11 bits per heavy atom. The molecule has 27 heavy (non-hydrogen) atoms. The van der Waals surface area contributed by atoms with Crippen LogP contribution in [-0.2, 0) is 0 Å². The van der Waals surface area contributed by atoms with E-state index in [0.717, 1.165) is 42.5 Å². The zero-order valence-electron chi connectivity index (χ0n) is 15.0. The predicted molar refractivity (Wildman–Crippen MR) is 105 cm³/mol. The van der Waals surface area contributed by atoms with E-state index in [0.29, 0.717) is 17.0 Å². The van der Waals surface area contributed by atoms with Crippen LogP contribution in [0.1, 0.15) is 35.3 Å². The molecule has 2 aromatic carbocycles. The summed E-state index contributed by atoms with van der Waals surface area (Å²) >= 11 is 0. The number of piperidine rings is 1. The fourth-order valence-corrected chi connectivity index (χ4v) is 3.42. The Bertz CT molecular complexity index is 987. The number of benzene rings is 2. The molecule has 1 aliphatic heterocycles. The predicted octanol–water partition coefficient (Wildman–Crippen LogP) is 4.41. The highest BCUT2D eigenvalue weighted by Crippen LogP contribution is 2.25. The number of hydrogen-bond donors (Lipinski definition) is 2. The number of carbonyl (C=O) groups is 1. The zero-order valence-corrected chi connectivity index (χ0v) is 15.0. The van der Waals surface area contributed by atoms with Crippen LogP contribution in [0.2, 0.25) is 0 Å². The van der Waals surface area contributed by atoms with Crippen molar-refractivity contribution in [2.24, 2.45) is 0 Å². The van der Waals surface area contributed by atoms with Crippen molar-refractivity contribution in [2.45, 2.75) is 19.3 Å². The largest absolute Gasteiger partial charge is 0.354 e. The normalized spacial score (nSPS) is 14.3. The molecule has 138 valence electrons. The minimum Gasteiger partial charge on any atom is -0.354 e. The first kappa shape index (κ1) is 17.3. The number of nitrogens with one attached hydrogen (secondary N) is 2. The van der Waals surface area contributed by atoms with Crippen LogP contribution in [0.25, 0.3) is 16.6 Å². The van der Waals surface area contributed by atoms with Gasteiger partial charge in [0.25, 0.3) is 5.91 Å². The van der Waals surface area contributed by atoms with E-state index in [9.17, 15) is 9.18 Å². The SMILES string of the molecule is C=C(Nc1ccc(F)cc1)c1n[nH]c2ccc(C(=O)N3CCCCC3)cc12. The van der Waals surface area contributed by atoms with E-state index in [4.69, 9.17) is 0 Å². The van der Waals surface area contributed by atoms with E-state index in [1.165, 1.54) is 18.6 Å². The van der Waals surface area contributed by atoms with Crippen molar-refractivity contribution < 1.29 is 9.18 Å². The summed E-state index contributed by atoms with van der Waals surface area (Å²) in [6, 6.07) is 11.6. The number of likely N-dealkylation sites (tertiary alicyclic amines) is 1. The molecule has 5 nitrogen and oxygen atoms in total. The van der Waals surface area contributed by atoms with Gasteiger partial charge < -0.3 is 10.2 Å². The Morgan fingerprint density at radius 2 is 1.85 bits per heavy atom. The highest BCUT2D eigenvalue weighted by molar-refractivity contribution is 6.00. The first-order valence-electron chi connectivity index (χ1n) is 9.11. The van der Waals surface area contributed by atoms with Crippen molar-refractivity contribution >= 4 is 28.2 Å². The lowest BCUT2D eigenvalue weighted by Crippen LogP contribution is -2.35. The van der Waals surface area contributed by atoms with Gasteiger partial charge in [0, 0.05) is 29.7 Å². The summed E-state index contributed by atoms with van der Waals surface area (Å²) in [4.78, 5) is 14.7. The molecule has 1 fully saturated rings. The average Bonchev–Trinajstić information content (AvgIpc) is 3.13. The van der Waals surface area contributed by atoms with E-state index in [-0.39, 0.29) is 11.7 Å². The molecule has 3 aromatic rings. The summed E-state index contributed by atoms with van der Waals surface area (Å²) in [7, 11) is 0. The molecular formula is C21H21FN4O. The van der Waals surface area contributed by atoms with Gasteiger partial charge in [0.05, 0.1) is 11.2 Å². The Kier molecular flexibility index (Phi) is 4.62. The minimum absolute atomic E-state index is 0.0563. The molecule has 0 atom stereocenters. The van der Waals surface area contributed by atoms with E-state index >= 15 is 0 Å². The van der Waals surface area contributed by atoms with Crippen LogP contribution in [0.5, 0.6) is 0 Å². The fourth-order valence-electron chi connectivity index (χ4n) is 3.42. The monoisotopic (exact) mass is 364 g/mol. The topological polar surface area (TPSA) is 61.0 Å². The average molecular weight is 364 g/mol. The molecule has 2 N–H and O–H groups in total. The standard InChI is InChI=1S/C21H21FN4O/c1-14(23-17-8-6-16(22)7-9-17)20-18-13-15(5-10-19(18)24-25-20)21(27)26-11-3-2-4-12-26/h5-10,13,23H,1-4,11-12H2,(H,24,25). The summed E-state index contributed by atoms with van der Waals surface area (Å²) in [5, 5.41) is 11.3. The molecule has 1 amide bonds. The van der Waals surface area contributed by atoms with Crippen molar-refractivity contribution in [3.63, 3.8) is 0 Å². The number of fused-ring (bicyclic) bond motifs is 1. The molecule has 0 spiro atoms. The van der Waals surface area contributed by atoms with Gasteiger partial charge >= 0.3 is 0 Å². The van der Waals surface area contributed by atoms with Crippen LogP contribution in [0.15, 0.2) is 49.0 Å². The third kappa shape index (κ3) is 3.56. The van der Waals surface area contributed by atoms with Crippen molar-refractivity contribution in [1.82, 2.24) is 15.1 Å². The van der Waals surface area contributed by atoms with Crippen LogP contribution < -0.4 is 5.32 Å². The van der Waals surface area contributed by atoms with Gasteiger partial charge in [-0.1, -0.05) is 6.58 Å². The van der Waals surface area contributed by atoms with E-state index in [1.54, 1.807) is 12.1 Å². The van der Waals surface area contributed by atoms with Crippen LogP contribution in [0.3, 0.4) is 0 Å². The lowest BCUT2D eigenvalue weighted by Gasteiger charge is -2.26. The molecule has 0 radical (unpaired) electrons. The van der Waals surface area contributed by atoms with Crippen molar-refractivity contribution in [3.05, 3.63) is 66.1 Å². The third-order valence-corrected chi connectivity index (χ3v) is 4.88. The van der Waals surface area contributed by atoms with E-state index in [2.05, 4.69) is 22.1 Å². The number of amides is 1. The lowest BCUT2D eigenvalue weighted by atomic mass is 10.1. The molecular weight excluding hydrogens is 343 g/mol. The summed E-state index contributed by atoms with van der Waals surface area (Å²) in [6.45, 7) is 5.67. The van der Waals surface area contributed by atoms with Crippen LogP contribution in [-0.4, -0.2) is 34.1 Å². The Labute approximate surface area is 156 Å². The molecule has 0 aliphatic carbocycles. The van der Waals surface area contributed by atoms with Gasteiger partial charge in [-0.15, -0.1) is 0 Å². The van der Waals surface area contributed by atoms with Gasteiger partial charge in [-0.25, -0.2) is 4.39 Å². The number of carbonyl (C=O) groups excluding carboxylic acids is 1. The van der Waals surface area contributed by atoms with Gasteiger partial charge in [0.15, 0.2) is 0 Å². The van der Waals surface area contributed by atoms with Crippen molar-refractivity contribution in [1.29, 1.82) is 0 Å². The number of aromatic amines is 1. The van der Waals surface area contributed by atoms with Gasteiger partial charge in [-0.2, -0.15) is 5.10 Å². The molecule has 2 heterocycles. The molecule has 1 aromatic heterocycles. The second-order valence-electron chi connectivity index (χ2n) is 6.80. The highest BCUT2D eigenvalue weighted by atomic mass is 19.1. The van der Waals surface area contributed by atoms with Crippen LogP contribution >= 0.6 is 0 Å².